The van der Waals surface area contributed by atoms with E-state index in [2.05, 4.69) is 209 Å². The molecule has 1 amide bonds. The highest BCUT2D eigenvalue weighted by Crippen LogP contribution is 2.38. The molecule has 0 radical (unpaired) electrons. The van der Waals surface area contributed by atoms with Gasteiger partial charge in [0.05, 0.1) is 54.5 Å². The quantitative estimate of drug-likeness (QED) is 0.140. The van der Waals surface area contributed by atoms with Crippen LogP contribution in [0.3, 0.4) is 0 Å². The largest absolute Gasteiger partial charge is 0.396 e. The van der Waals surface area contributed by atoms with Gasteiger partial charge in [0, 0.05) is 90.1 Å². The predicted molar refractivity (Wildman–Crippen MR) is 451 cm³/mol. The van der Waals surface area contributed by atoms with Gasteiger partial charge in [0.15, 0.2) is 9.84 Å². The number of aliphatic hydroxyl groups excluding tert-OH is 2. The molecule has 6 heterocycles. The minimum absolute atomic E-state index is 0.0207. The maximum atomic E-state index is 12.2. The average molecular weight is 1590 g/mol. The fraction of sp³-hybridized carbons (Fsp3) is 0.988. The summed E-state index contributed by atoms with van der Waals surface area (Å²) in [4.78, 5) is 22.0. The lowest BCUT2D eigenvalue weighted by atomic mass is 9.73. The number of hydrogen-bond acceptors (Lipinski definition) is 14. The molecule has 0 atom stereocenters. The van der Waals surface area contributed by atoms with E-state index in [0.29, 0.717) is 82.7 Å². The van der Waals surface area contributed by atoms with E-state index in [1.54, 1.807) is 0 Å². The number of morpholine rings is 1. The number of sulfone groups is 2. The van der Waals surface area contributed by atoms with Crippen molar-refractivity contribution in [1.82, 2.24) is 19.6 Å². The molecule has 8 aliphatic rings. The summed E-state index contributed by atoms with van der Waals surface area (Å²) in [5.74, 6) is 11.5. The van der Waals surface area contributed by atoms with Crippen molar-refractivity contribution in [3.05, 3.63) is 0 Å². The van der Waals surface area contributed by atoms with Crippen LogP contribution >= 0.6 is 27.7 Å². The first-order valence-corrected chi connectivity index (χ1v) is 47.0. The number of alkyl halides is 1. The highest BCUT2D eigenvalue weighted by Gasteiger charge is 2.32. The summed E-state index contributed by atoms with van der Waals surface area (Å²) >= 11 is 5.82. The Morgan fingerprint density at radius 2 is 0.883 bits per heavy atom. The second-order valence-electron chi connectivity index (χ2n) is 41.4. The van der Waals surface area contributed by atoms with Gasteiger partial charge in [-0.15, -0.1) is 0 Å². The van der Waals surface area contributed by atoms with Gasteiger partial charge in [-0.25, -0.2) is 16.8 Å². The van der Waals surface area contributed by atoms with E-state index in [4.69, 9.17) is 19.7 Å². The first-order chi connectivity index (χ1) is 47.0. The molecular formula is C85H173BrN4O10S3. The Labute approximate surface area is 652 Å². The smallest absolute Gasteiger partial charge is 0.236 e. The number of halogens is 1. The van der Waals surface area contributed by atoms with Gasteiger partial charge in [-0.2, -0.15) is 11.8 Å². The first kappa shape index (κ1) is 103. The molecule has 8 fully saturated rings. The average Bonchev–Trinajstić information content (AvgIpc) is 0.871. The Morgan fingerprint density at radius 1 is 0.466 bits per heavy atom. The third-order valence-electron chi connectivity index (χ3n) is 19.4. The van der Waals surface area contributed by atoms with E-state index >= 15 is 0 Å². The summed E-state index contributed by atoms with van der Waals surface area (Å²) < 4.78 is 55.2. The van der Waals surface area contributed by atoms with Crippen molar-refractivity contribution in [2.24, 2.45) is 79.8 Å². The predicted octanol–water partition coefficient (Wildman–Crippen LogP) is 18.9. The fourth-order valence-corrected chi connectivity index (χ4v) is 19.8. The maximum absolute atomic E-state index is 12.2. The van der Waals surface area contributed by atoms with Crippen LogP contribution in [0.4, 0.5) is 0 Å². The molecule has 103 heavy (non-hydrogen) atoms. The zero-order valence-corrected chi connectivity index (χ0v) is 76.4. The van der Waals surface area contributed by atoms with E-state index in [9.17, 15) is 26.7 Å². The first-order valence-electron chi connectivity index (χ1n) is 41.2. The van der Waals surface area contributed by atoms with Gasteiger partial charge in [0.2, 0.25) is 5.91 Å². The van der Waals surface area contributed by atoms with Crippen LogP contribution in [0.2, 0.25) is 0 Å². The van der Waals surface area contributed by atoms with Gasteiger partial charge in [-0.1, -0.05) is 182 Å². The molecule has 0 aromatic carbocycles. The van der Waals surface area contributed by atoms with Crippen molar-refractivity contribution in [2.75, 3.05) is 140 Å². The highest BCUT2D eigenvalue weighted by atomic mass is 79.9. The molecule has 3 N–H and O–H groups in total. The number of hydrogen-bond donors (Lipinski definition) is 3. The standard InChI is InChI=1S/C14H27N3O2.C11H21Br.C10H20O2S.C9H19NO2S.2C9H18O.C9H18S.C8H18O.C6H14O/c1-13(2)11-15-3-5-17(6-4-15)14(18)12-16-7-9-19-10-8-16;1-11(2,3)8-9-4-6-10(12)7-5-9;1-10(2,3)8-9-4-6-13(11,12)7-5-9;1-9(2,3)8-10-4-6-13(11,12)7-5-10;1-9(2,3)6-7-4-8(10)5-7;2*1-8(2)7-9-3-5-10-6-4-9;1-7(2,3)6-8(4,5)9;1-6(2,3)4-5-7/h13H,3-12H2,1-2H3;9-10H,4-8H2,1-3H3;9H,4-8H2,1-3H3;4-8H2,1-3H3;7-8,10H,4-6H2,1-3H3;2*8-9H,3-7H2,1-2H3;9H,6H2,1-5H3;7H,4-5H2,1-3H3. The van der Waals surface area contributed by atoms with Crippen molar-refractivity contribution >= 4 is 53.3 Å². The van der Waals surface area contributed by atoms with Crippen molar-refractivity contribution in [2.45, 2.75) is 319 Å². The second-order valence-corrected chi connectivity index (χ2v) is 48.5. The second kappa shape index (κ2) is 50.8. The molecule has 0 aromatic rings. The molecule has 18 heteroatoms. The van der Waals surface area contributed by atoms with Crippen molar-refractivity contribution < 1.29 is 46.4 Å². The Kier molecular flexibility index (Phi) is 50.7. The number of carbonyl (C=O) groups is 1. The van der Waals surface area contributed by atoms with Crippen molar-refractivity contribution in [3.8, 4) is 0 Å². The summed E-state index contributed by atoms with van der Waals surface area (Å²) in [5, 5.41) is 26.8. The SMILES string of the molecule is CC(C)(C)CC(C)(C)O.CC(C)(C)CC1CC(O)C1.CC(C)(C)CC1CCC(Br)CC1.CC(C)(C)CC1CCS(=O)(=O)CC1.CC(C)(C)CCO.CC(C)(C)CN1CCS(=O)(=O)CC1.CC(C)CC1CCOCC1.CC(C)CC1CCSCC1.CC(C)CN1CCN(C(=O)CN2CCOCC2)CC1. The van der Waals surface area contributed by atoms with Crippen LogP contribution in [-0.4, -0.2) is 214 Å². The minimum Gasteiger partial charge on any atom is -0.396 e. The normalized spacial score (nSPS) is 23.7. The summed E-state index contributed by atoms with van der Waals surface area (Å²) in [6.07, 6.45) is 23.5. The van der Waals surface area contributed by atoms with Gasteiger partial charge in [0.25, 0.3) is 0 Å². The number of ether oxygens (including phenoxy) is 2. The monoisotopic (exact) mass is 1590 g/mol. The van der Waals surface area contributed by atoms with Crippen LogP contribution in [0.25, 0.3) is 0 Å². The van der Waals surface area contributed by atoms with Crippen LogP contribution in [0, 0.1) is 79.8 Å². The lowest BCUT2D eigenvalue weighted by molar-refractivity contribution is -0.135. The highest BCUT2D eigenvalue weighted by molar-refractivity contribution is 9.09. The fourth-order valence-electron chi connectivity index (χ4n) is 15.2. The van der Waals surface area contributed by atoms with Gasteiger partial charge < -0.3 is 34.6 Å². The van der Waals surface area contributed by atoms with Gasteiger partial charge in [-0.05, 0) is 227 Å². The van der Waals surface area contributed by atoms with Gasteiger partial charge in [0.1, 0.15) is 9.84 Å². The van der Waals surface area contributed by atoms with Crippen LogP contribution < -0.4 is 0 Å². The lowest BCUT2D eigenvalue weighted by Crippen LogP contribution is -2.52. The van der Waals surface area contributed by atoms with E-state index < -0.39 is 25.3 Å². The molecule has 8 rings (SSSR count). The molecule has 14 nitrogen and oxygen atoms in total. The van der Waals surface area contributed by atoms with E-state index in [1.807, 2.05) is 18.7 Å². The van der Waals surface area contributed by atoms with Crippen molar-refractivity contribution in [1.29, 1.82) is 0 Å². The molecule has 0 spiro atoms. The topological polar surface area (TPSA) is 177 Å². The lowest BCUT2D eigenvalue weighted by Gasteiger charge is -2.37. The van der Waals surface area contributed by atoms with Crippen molar-refractivity contribution in [3.63, 3.8) is 0 Å². The number of carbonyl (C=O) groups excluding carboxylic acids is 1. The Hall–Kier alpha value is -0.120. The number of nitrogens with zero attached hydrogens (tertiary/aromatic N) is 4. The zero-order valence-electron chi connectivity index (χ0n) is 72.4. The third kappa shape index (κ3) is 64.1. The summed E-state index contributed by atoms with van der Waals surface area (Å²) in [7, 11) is -5.38. The zero-order chi connectivity index (χ0) is 79.3. The summed E-state index contributed by atoms with van der Waals surface area (Å²) in [6.45, 7) is 70.7. The molecular weight excluding hydrogens is 1410 g/mol. The van der Waals surface area contributed by atoms with Crippen LogP contribution in [0.15, 0.2) is 0 Å². The molecule has 0 aromatic heterocycles. The number of aliphatic hydroxyl groups is 3. The number of thioether (sulfide) groups is 1. The van der Waals surface area contributed by atoms with E-state index in [-0.39, 0.29) is 22.8 Å². The molecule has 2 saturated carbocycles. The number of piperazine rings is 1. The molecule has 6 saturated heterocycles. The molecule has 2 aliphatic carbocycles. The van der Waals surface area contributed by atoms with Crippen LogP contribution in [-0.2, 0) is 33.9 Å². The van der Waals surface area contributed by atoms with Gasteiger partial charge in [-0.3, -0.25) is 14.6 Å². The molecule has 0 bridgehead atoms. The Bertz CT molecular complexity index is 2220. The molecule has 618 valence electrons. The third-order valence-corrected chi connectivity index (χ3v) is 24.7. The van der Waals surface area contributed by atoms with E-state index in [0.717, 1.165) is 164 Å². The minimum atomic E-state index is -2.71. The Balaban J connectivity index is 0.00000115. The van der Waals surface area contributed by atoms with Gasteiger partial charge >= 0.3 is 0 Å². The summed E-state index contributed by atoms with van der Waals surface area (Å²) in [5.41, 5.74) is 1.60. The van der Waals surface area contributed by atoms with Crippen LogP contribution in [0.5, 0.6) is 0 Å². The molecule has 6 aliphatic heterocycles. The van der Waals surface area contributed by atoms with E-state index in [1.165, 1.54) is 88.6 Å². The van der Waals surface area contributed by atoms with Crippen LogP contribution in [0.1, 0.15) is 302 Å². The maximum Gasteiger partial charge on any atom is 0.236 e. The Morgan fingerprint density at radius 3 is 1.24 bits per heavy atom. The summed E-state index contributed by atoms with van der Waals surface area (Å²) in [6, 6.07) is 0. The molecule has 0 unspecified atom stereocenters. The number of amides is 1. The number of rotatable bonds is 14.